The number of benzene rings is 1. The van der Waals surface area contributed by atoms with E-state index in [1.807, 2.05) is 6.07 Å². The summed E-state index contributed by atoms with van der Waals surface area (Å²) in [6.45, 7) is 1.74. The highest BCUT2D eigenvalue weighted by atomic mass is 32.2. The molecule has 0 saturated heterocycles. The van der Waals surface area contributed by atoms with Gasteiger partial charge in [-0.3, -0.25) is 0 Å². The van der Waals surface area contributed by atoms with Crippen molar-refractivity contribution in [3.63, 3.8) is 0 Å². The fourth-order valence-corrected chi connectivity index (χ4v) is 4.00. The number of hydrogen-bond acceptors (Lipinski definition) is 6. The molecule has 0 unspecified atom stereocenters. The fourth-order valence-electron chi connectivity index (χ4n) is 1.76. The Labute approximate surface area is 130 Å². The third-order valence-corrected chi connectivity index (χ3v) is 5.66. The van der Waals surface area contributed by atoms with Crippen molar-refractivity contribution < 1.29 is 21.6 Å². The molecule has 1 N–H and O–H groups in total. The van der Waals surface area contributed by atoms with Gasteiger partial charge in [0.25, 0.3) is 0 Å². The fraction of sp³-hybridized carbons (Fsp3) is 0.462. The lowest BCUT2D eigenvalue weighted by atomic mass is 10.2. The van der Waals surface area contributed by atoms with Gasteiger partial charge in [0.05, 0.1) is 24.5 Å². The third-order valence-electron chi connectivity index (χ3n) is 3.01. The van der Waals surface area contributed by atoms with Crippen molar-refractivity contribution in [1.82, 2.24) is 4.72 Å². The molecule has 1 rings (SSSR count). The first-order valence-electron chi connectivity index (χ1n) is 6.43. The number of ether oxygens (including phenoxy) is 1. The van der Waals surface area contributed by atoms with Crippen molar-refractivity contribution in [3.05, 3.63) is 18.2 Å². The van der Waals surface area contributed by atoms with Gasteiger partial charge in [-0.15, -0.1) is 0 Å². The second-order valence-electron chi connectivity index (χ2n) is 4.67. The van der Waals surface area contributed by atoms with E-state index in [0.29, 0.717) is 6.42 Å². The Kier molecular flexibility index (Phi) is 5.93. The van der Waals surface area contributed by atoms with Crippen molar-refractivity contribution in [2.24, 2.45) is 0 Å². The van der Waals surface area contributed by atoms with Crippen LogP contribution < -0.4 is 9.46 Å². The van der Waals surface area contributed by atoms with Crippen LogP contribution in [0.4, 0.5) is 0 Å². The van der Waals surface area contributed by atoms with Crippen LogP contribution in [0.3, 0.4) is 0 Å². The monoisotopic (exact) mass is 346 g/mol. The maximum atomic E-state index is 12.4. The summed E-state index contributed by atoms with van der Waals surface area (Å²) in [7, 11) is -6.27. The Morgan fingerprint density at radius 1 is 1.32 bits per heavy atom. The molecule has 1 aromatic carbocycles. The molecule has 122 valence electrons. The lowest BCUT2D eigenvalue weighted by Gasteiger charge is -2.16. The van der Waals surface area contributed by atoms with E-state index in [4.69, 9.17) is 10.00 Å². The Morgan fingerprint density at radius 2 is 1.95 bits per heavy atom. The van der Waals surface area contributed by atoms with Crippen LogP contribution in [0.25, 0.3) is 0 Å². The maximum absolute atomic E-state index is 12.4. The Hall–Kier alpha value is -1.63. The average Bonchev–Trinajstić information content (AvgIpc) is 2.44. The Balaban J connectivity index is 3.36. The molecular weight excluding hydrogens is 328 g/mol. The quantitative estimate of drug-likeness (QED) is 0.790. The van der Waals surface area contributed by atoms with Crippen LogP contribution in [-0.4, -0.2) is 36.2 Å². The lowest BCUT2D eigenvalue weighted by Crippen LogP contribution is -2.34. The van der Waals surface area contributed by atoms with Crippen molar-refractivity contribution in [3.8, 4) is 11.8 Å². The van der Waals surface area contributed by atoms with E-state index < -0.39 is 25.9 Å². The number of nitrogens with one attached hydrogen (secondary N) is 1. The van der Waals surface area contributed by atoms with Crippen molar-refractivity contribution >= 4 is 19.9 Å². The molecule has 0 aromatic heterocycles. The molecule has 7 nitrogen and oxygen atoms in total. The van der Waals surface area contributed by atoms with Crippen molar-refractivity contribution in [2.45, 2.75) is 35.6 Å². The smallest absolute Gasteiger partial charge is 0.244 e. The number of sulfonamides is 1. The highest BCUT2D eigenvalue weighted by Gasteiger charge is 2.24. The summed E-state index contributed by atoms with van der Waals surface area (Å²) in [6, 6.07) is 4.97. The molecule has 0 saturated carbocycles. The van der Waals surface area contributed by atoms with Gasteiger partial charge in [0.15, 0.2) is 9.84 Å². The van der Waals surface area contributed by atoms with Crippen LogP contribution in [0.1, 0.15) is 19.8 Å². The van der Waals surface area contributed by atoms with Crippen LogP contribution >= 0.6 is 0 Å². The lowest BCUT2D eigenvalue weighted by molar-refractivity contribution is 0.401. The van der Waals surface area contributed by atoms with Crippen LogP contribution in [0.2, 0.25) is 0 Å². The van der Waals surface area contributed by atoms with Crippen LogP contribution in [0.5, 0.6) is 5.75 Å². The second-order valence-corrected chi connectivity index (χ2v) is 8.37. The van der Waals surface area contributed by atoms with E-state index in [1.54, 1.807) is 6.92 Å². The van der Waals surface area contributed by atoms with Gasteiger partial charge in [-0.1, -0.05) is 6.92 Å². The second kappa shape index (κ2) is 7.09. The maximum Gasteiger partial charge on any atom is 0.244 e. The molecule has 0 fully saturated rings. The van der Waals surface area contributed by atoms with Crippen LogP contribution in [-0.2, 0) is 19.9 Å². The molecule has 1 aromatic rings. The minimum Gasteiger partial charge on any atom is -0.495 e. The Bertz CT molecular complexity index is 779. The predicted octanol–water partition coefficient (Wildman–Crippen LogP) is 1.07. The number of methoxy groups -OCH3 is 1. The van der Waals surface area contributed by atoms with Gasteiger partial charge in [0.1, 0.15) is 10.6 Å². The zero-order valence-corrected chi connectivity index (χ0v) is 14.2. The molecule has 0 aliphatic rings. The number of sulfone groups is 1. The third kappa shape index (κ3) is 4.43. The molecule has 0 amide bonds. The number of hydrogen-bond donors (Lipinski definition) is 1. The summed E-state index contributed by atoms with van der Waals surface area (Å²) < 4.78 is 55.5. The van der Waals surface area contributed by atoms with Gasteiger partial charge in [-0.2, -0.15) is 5.26 Å². The minimum absolute atomic E-state index is 0.0177. The van der Waals surface area contributed by atoms with Gasteiger partial charge in [0, 0.05) is 12.3 Å². The molecule has 0 spiro atoms. The molecular formula is C13H18N2O5S2. The molecule has 0 aliphatic carbocycles. The molecule has 0 radical (unpaired) electrons. The first-order chi connectivity index (χ1) is 10.2. The normalized spacial score (nSPS) is 13.4. The zero-order valence-electron chi connectivity index (χ0n) is 12.5. The van der Waals surface area contributed by atoms with Crippen LogP contribution in [0, 0.1) is 11.3 Å². The standard InChI is InChI=1S/C13H18N2O5S2/c1-4-10(7-8-14)15-22(18,19)13-9-11(21(3,16)17)5-6-12(13)20-2/h5-6,9-10,15H,4,7H2,1-3H3/t10-/m1/s1. The molecule has 9 heteroatoms. The topological polar surface area (TPSA) is 113 Å². The molecule has 0 aliphatic heterocycles. The first kappa shape index (κ1) is 18.4. The SMILES string of the molecule is CC[C@H](CC#N)NS(=O)(=O)c1cc(S(C)(=O)=O)ccc1OC. The van der Waals surface area contributed by atoms with Gasteiger partial charge in [-0.25, -0.2) is 21.6 Å². The van der Waals surface area contributed by atoms with Gasteiger partial charge in [-0.05, 0) is 24.6 Å². The highest BCUT2D eigenvalue weighted by molar-refractivity contribution is 7.91. The van der Waals surface area contributed by atoms with Crippen LogP contribution in [0.15, 0.2) is 28.0 Å². The predicted molar refractivity (Wildman–Crippen MR) is 80.7 cm³/mol. The Morgan fingerprint density at radius 3 is 2.41 bits per heavy atom. The summed E-state index contributed by atoms with van der Waals surface area (Å²) in [5, 5.41) is 8.70. The van der Waals surface area contributed by atoms with Crippen molar-refractivity contribution in [2.75, 3.05) is 13.4 Å². The largest absolute Gasteiger partial charge is 0.495 e. The molecule has 0 bridgehead atoms. The highest BCUT2D eigenvalue weighted by Crippen LogP contribution is 2.27. The molecule has 0 heterocycles. The first-order valence-corrected chi connectivity index (χ1v) is 9.80. The van der Waals surface area contributed by atoms with E-state index >= 15 is 0 Å². The van der Waals surface area contributed by atoms with E-state index in [1.165, 1.54) is 19.2 Å². The summed E-state index contributed by atoms with van der Waals surface area (Å²) in [6.07, 6.45) is 1.44. The molecule has 1 atom stereocenters. The van der Waals surface area contributed by atoms with E-state index in [0.717, 1.165) is 12.3 Å². The number of nitrogens with zero attached hydrogens (tertiary/aromatic N) is 1. The van der Waals surface area contributed by atoms with E-state index in [9.17, 15) is 16.8 Å². The summed E-state index contributed by atoms with van der Waals surface area (Å²) in [4.78, 5) is -0.392. The van der Waals surface area contributed by atoms with Gasteiger partial charge >= 0.3 is 0 Å². The summed E-state index contributed by atoms with van der Waals surface area (Å²) >= 11 is 0. The van der Waals surface area contributed by atoms with E-state index in [2.05, 4.69) is 4.72 Å². The van der Waals surface area contributed by atoms with E-state index in [-0.39, 0.29) is 22.0 Å². The summed E-state index contributed by atoms with van der Waals surface area (Å²) in [5.74, 6) is 0.0340. The number of nitriles is 1. The zero-order chi connectivity index (χ0) is 17.0. The average molecular weight is 346 g/mol. The van der Waals surface area contributed by atoms with Crippen molar-refractivity contribution in [1.29, 1.82) is 5.26 Å². The number of rotatable bonds is 7. The summed E-state index contributed by atoms with van der Waals surface area (Å²) in [5.41, 5.74) is 0. The minimum atomic E-state index is -4.01. The van der Waals surface area contributed by atoms with Gasteiger partial charge in [0.2, 0.25) is 10.0 Å². The van der Waals surface area contributed by atoms with Gasteiger partial charge < -0.3 is 4.74 Å². The molecule has 22 heavy (non-hydrogen) atoms.